The van der Waals surface area contributed by atoms with Gasteiger partial charge in [0.1, 0.15) is 6.04 Å². The first kappa shape index (κ1) is 15.6. The fourth-order valence-electron chi connectivity index (χ4n) is 1.60. The molecule has 1 rings (SSSR count). The van der Waals surface area contributed by atoms with Crippen LogP contribution in [0.3, 0.4) is 0 Å². The Hall–Kier alpha value is -2.49. The van der Waals surface area contributed by atoms with Crippen molar-refractivity contribution in [3.05, 3.63) is 37.1 Å². The van der Waals surface area contributed by atoms with E-state index in [1.54, 1.807) is 6.92 Å². The minimum absolute atomic E-state index is 0.169. The Morgan fingerprint density at radius 3 is 2.60 bits per heavy atom. The number of carbonyl (C=O) groups is 1. The summed E-state index contributed by atoms with van der Waals surface area (Å²) >= 11 is 0. The van der Waals surface area contributed by atoms with Crippen molar-refractivity contribution in [1.29, 1.82) is 0 Å². The van der Waals surface area contributed by atoms with Crippen molar-refractivity contribution in [3.8, 4) is 0 Å². The van der Waals surface area contributed by atoms with Gasteiger partial charge in [0.15, 0.2) is 0 Å². The fourth-order valence-corrected chi connectivity index (χ4v) is 1.60. The van der Waals surface area contributed by atoms with Gasteiger partial charge in [0.25, 0.3) is 0 Å². The lowest BCUT2D eigenvalue weighted by Gasteiger charge is -2.11. The van der Waals surface area contributed by atoms with Crippen LogP contribution in [0.5, 0.6) is 0 Å². The first-order valence-electron chi connectivity index (χ1n) is 5.76. The van der Waals surface area contributed by atoms with Crippen LogP contribution < -0.4 is 17.0 Å². The molecule has 0 radical (unpaired) electrons. The minimum atomic E-state index is -1.50. The maximum Gasteiger partial charge on any atom is 0.350 e. The van der Waals surface area contributed by atoms with Crippen LogP contribution in [-0.2, 0) is 17.9 Å². The Kier molecular flexibility index (Phi) is 4.75. The third-order valence-corrected chi connectivity index (χ3v) is 2.58. The van der Waals surface area contributed by atoms with E-state index in [1.165, 1.54) is 0 Å². The summed E-state index contributed by atoms with van der Waals surface area (Å²) in [5, 5.41) is 19.5. The van der Waals surface area contributed by atoms with Crippen LogP contribution >= 0.6 is 0 Å². The Labute approximate surface area is 112 Å². The number of aliphatic carboxylic acids is 1. The number of carboxylic acids is 1. The van der Waals surface area contributed by atoms with Crippen LogP contribution in [0, 0.1) is 10.1 Å². The summed E-state index contributed by atoms with van der Waals surface area (Å²) in [6, 6.07) is -1.50. The summed E-state index contributed by atoms with van der Waals surface area (Å²) in [7, 11) is 0. The van der Waals surface area contributed by atoms with Gasteiger partial charge < -0.3 is 10.8 Å². The summed E-state index contributed by atoms with van der Waals surface area (Å²) in [6.07, 6.45) is 1.37. The highest BCUT2D eigenvalue weighted by atomic mass is 16.6. The first-order valence-corrected chi connectivity index (χ1v) is 5.76. The monoisotopic (exact) mass is 286 g/mol. The topological polar surface area (TPSA) is 150 Å². The fraction of sp³-hybridized carbons (Fsp3) is 0.500. The number of carboxylic acid groups (broad SMARTS) is 1. The molecule has 0 saturated heterocycles. The molecular weight excluding hydrogens is 272 g/mol. The van der Waals surface area contributed by atoms with Gasteiger partial charge in [-0.05, 0) is 6.42 Å². The van der Waals surface area contributed by atoms with Crippen molar-refractivity contribution in [1.82, 2.24) is 9.13 Å². The van der Waals surface area contributed by atoms with Crippen LogP contribution in [0.4, 0.5) is 5.69 Å². The highest BCUT2D eigenvalue weighted by Gasteiger charge is 2.22. The molecular formula is C10H14N4O6. The molecule has 0 amide bonds. The van der Waals surface area contributed by atoms with Gasteiger partial charge in [-0.15, -0.1) is 0 Å². The van der Waals surface area contributed by atoms with Crippen molar-refractivity contribution in [2.45, 2.75) is 32.5 Å². The zero-order valence-corrected chi connectivity index (χ0v) is 10.7. The van der Waals surface area contributed by atoms with E-state index in [0.29, 0.717) is 11.0 Å². The molecule has 0 aliphatic rings. The van der Waals surface area contributed by atoms with Crippen molar-refractivity contribution < 1.29 is 14.8 Å². The number of nitro groups is 1. The molecule has 0 spiro atoms. The number of aromatic nitrogens is 2. The van der Waals surface area contributed by atoms with Gasteiger partial charge in [-0.2, -0.15) is 0 Å². The van der Waals surface area contributed by atoms with Crippen molar-refractivity contribution in [2.75, 3.05) is 0 Å². The first-order chi connectivity index (χ1) is 9.29. The zero-order valence-electron chi connectivity index (χ0n) is 10.7. The lowest BCUT2D eigenvalue weighted by atomic mass is 10.3. The molecule has 1 unspecified atom stereocenters. The molecule has 3 N–H and O–H groups in total. The molecule has 0 saturated carbocycles. The molecule has 1 heterocycles. The van der Waals surface area contributed by atoms with Crippen molar-refractivity contribution in [3.63, 3.8) is 0 Å². The highest BCUT2D eigenvalue weighted by Crippen LogP contribution is 2.01. The third-order valence-electron chi connectivity index (χ3n) is 2.58. The van der Waals surface area contributed by atoms with Crippen LogP contribution in [0.2, 0.25) is 0 Å². The Morgan fingerprint density at radius 1 is 1.55 bits per heavy atom. The number of aryl methyl sites for hydroxylation is 1. The van der Waals surface area contributed by atoms with Crippen molar-refractivity contribution >= 4 is 11.7 Å². The van der Waals surface area contributed by atoms with E-state index in [1.807, 2.05) is 0 Å². The average Bonchev–Trinajstić information content (AvgIpc) is 2.37. The summed E-state index contributed by atoms with van der Waals surface area (Å²) < 4.78 is 1.47. The van der Waals surface area contributed by atoms with Crippen molar-refractivity contribution in [2.24, 2.45) is 5.73 Å². The predicted molar refractivity (Wildman–Crippen MR) is 67.5 cm³/mol. The van der Waals surface area contributed by atoms with E-state index in [2.05, 4.69) is 0 Å². The van der Waals surface area contributed by atoms with Gasteiger partial charge >= 0.3 is 22.9 Å². The molecule has 1 aromatic rings. The van der Waals surface area contributed by atoms with Gasteiger partial charge in [-0.3, -0.25) is 28.8 Å². The van der Waals surface area contributed by atoms with Gasteiger partial charge in [-0.25, -0.2) is 4.79 Å². The second-order valence-electron chi connectivity index (χ2n) is 4.11. The number of hydrogen-bond donors (Lipinski definition) is 2. The molecule has 0 aliphatic carbocycles. The third kappa shape index (κ3) is 3.09. The molecule has 0 aromatic carbocycles. The maximum absolute atomic E-state index is 12.0. The Balaban J connectivity index is 3.48. The molecule has 10 heteroatoms. The number of hydrogen-bond acceptors (Lipinski definition) is 6. The quantitative estimate of drug-likeness (QED) is 0.489. The standard InChI is InChI=1S/C10H14N4O6/c1-2-3-12-5-7(14(19)20)8(15)13(10(12)18)4-6(11)9(16)17/h5-6H,2-4,11H2,1H3,(H,16,17). The minimum Gasteiger partial charge on any atom is -0.480 e. The number of rotatable bonds is 6. The lowest BCUT2D eigenvalue weighted by molar-refractivity contribution is -0.387. The number of nitrogens with two attached hydrogens (primary N) is 1. The van der Waals surface area contributed by atoms with E-state index in [4.69, 9.17) is 10.8 Å². The second kappa shape index (κ2) is 6.10. The molecule has 1 aromatic heterocycles. The normalized spacial score (nSPS) is 12.1. The van der Waals surface area contributed by atoms with E-state index < -0.39 is 40.4 Å². The lowest BCUT2D eigenvalue weighted by Crippen LogP contribution is -2.46. The molecule has 0 fully saturated rings. The molecule has 10 nitrogen and oxygen atoms in total. The Bertz CT molecular complexity index is 646. The summed E-state index contributed by atoms with van der Waals surface area (Å²) in [5.74, 6) is -1.41. The van der Waals surface area contributed by atoms with E-state index in [-0.39, 0.29) is 6.54 Å². The van der Waals surface area contributed by atoms with Gasteiger partial charge in [0, 0.05) is 6.54 Å². The molecule has 0 bridgehead atoms. The van der Waals surface area contributed by atoms with Crippen LogP contribution in [0.15, 0.2) is 15.8 Å². The maximum atomic E-state index is 12.0. The molecule has 1 atom stereocenters. The number of nitrogens with zero attached hydrogens (tertiary/aromatic N) is 3. The van der Waals surface area contributed by atoms with E-state index in [0.717, 1.165) is 10.8 Å². The largest absolute Gasteiger partial charge is 0.480 e. The highest BCUT2D eigenvalue weighted by molar-refractivity contribution is 5.72. The molecule has 20 heavy (non-hydrogen) atoms. The Morgan fingerprint density at radius 2 is 2.15 bits per heavy atom. The van der Waals surface area contributed by atoms with E-state index in [9.17, 15) is 24.5 Å². The van der Waals surface area contributed by atoms with Gasteiger partial charge in [0.2, 0.25) is 0 Å². The zero-order chi connectivity index (χ0) is 15.4. The smallest absolute Gasteiger partial charge is 0.350 e. The summed E-state index contributed by atoms with van der Waals surface area (Å²) in [5.41, 5.74) is 2.48. The summed E-state index contributed by atoms with van der Waals surface area (Å²) in [4.78, 5) is 44.3. The average molecular weight is 286 g/mol. The van der Waals surface area contributed by atoms with Gasteiger partial charge in [0.05, 0.1) is 17.7 Å². The van der Waals surface area contributed by atoms with E-state index >= 15 is 0 Å². The second-order valence-corrected chi connectivity index (χ2v) is 4.11. The van der Waals surface area contributed by atoms with Gasteiger partial charge in [-0.1, -0.05) is 6.92 Å². The molecule has 0 aliphatic heterocycles. The SMILES string of the molecule is CCCn1cc([N+](=O)[O-])c(=O)n(CC(N)C(=O)O)c1=O. The molecule has 110 valence electrons. The van der Waals surface area contributed by atoms with Crippen LogP contribution in [-0.4, -0.2) is 31.2 Å². The van der Waals surface area contributed by atoms with Crippen LogP contribution in [0.25, 0.3) is 0 Å². The van der Waals surface area contributed by atoms with Crippen LogP contribution in [0.1, 0.15) is 13.3 Å². The summed E-state index contributed by atoms with van der Waals surface area (Å²) in [6.45, 7) is 1.29. The predicted octanol–water partition coefficient (Wildman–Crippen LogP) is -1.26.